The van der Waals surface area contributed by atoms with Crippen LogP contribution in [0.2, 0.25) is 0 Å². The number of carbonyl (C=O) groups excluding carboxylic acids is 1. The van der Waals surface area contributed by atoms with Crippen LogP contribution in [0.4, 0.5) is 0 Å². The first-order valence-corrected chi connectivity index (χ1v) is 8.13. The van der Waals surface area contributed by atoms with Crippen molar-refractivity contribution < 1.29 is 9.53 Å². The van der Waals surface area contributed by atoms with E-state index in [1.165, 1.54) is 4.88 Å². The zero-order chi connectivity index (χ0) is 15.0. The van der Waals surface area contributed by atoms with E-state index in [1.807, 2.05) is 27.7 Å². The van der Waals surface area contributed by atoms with Crippen molar-refractivity contribution in [3.63, 3.8) is 0 Å². The summed E-state index contributed by atoms with van der Waals surface area (Å²) in [5.74, 6) is 0.171. The molecular weight excluding hydrogens is 270 g/mol. The number of thiophene rings is 1. The van der Waals surface area contributed by atoms with Crippen LogP contribution in [0.5, 0.6) is 0 Å². The molecule has 0 N–H and O–H groups in total. The number of hydrogen-bond donors (Lipinski definition) is 0. The molecule has 1 aromatic heterocycles. The second kappa shape index (κ2) is 5.58. The third kappa shape index (κ3) is 3.13. The van der Waals surface area contributed by atoms with Gasteiger partial charge in [0.1, 0.15) is 5.60 Å². The highest BCUT2D eigenvalue weighted by atomic mass is 32.1. The summed E-state index contributed by atoms with van der Waals surface area (Å²) in [4.78, 5) is 16.2. The number of ether oxygens (including phenoxy) is 1. The Hall–Kier alpha value is -0.710. The van der Waals surface area contributed by atoms with Crippen molar-refractivity contribution in [2.75, 3.05) is 13.1 Å². The number of carbonyl (C=O) groups is 1. The highest BCUT2D eigenvalue weighted by molar-refractivity contribution is 7.09. The smallest absolute Gasteiger partial charge is 0.171 e. The average molecular weight is 295 g/mol. The molecule has 1 saturated heterocycles. The van der Waals surface area contributed by atoms with Crippen LogP contribution in [0.3, 0.4) is 0 Å². The standard InChI is InChI=1S/C16H25NO2S/c1-6-17(10-12-8-7-9-20-12)11-13-14(18)16(4,5)19-15(13,2)3/h7-9,13H,6,10-11H2,1-5H3. The van der Waals surface area contributed by atoms with Gasteiger partial charge in [-0.25, -0.2) is 0 Å². The van der Waals surface area contributed by atoms with Gasteiger partial charge in [0.05, 0.1) is 11.5 Å². The normalized spacial score (nSPS) is 24.5. The summed E-state index contributed by atoms with van der Waals surface area (Å²) in [5, 5.41) is 2.10. The van der Waals surface area contributed by atoms with Gasteiger partial charge in [0.25, 0.3) is 0 Å². The van der Waals surface area contributed by atoms with E-state index in [0.29, 0.717) is 0 Å². The molecular formula is C16H25NO2S. The monoisotopic (exact) mass is 295 g/mol. The van der Waals surface area contributed by atoms with E-state index in [9.17, 15) is 4.79 Å². The van der Waals surface area contributed by atoms with Crippen LogP contribution in [0.25, 0.3) is 0 Å². The Balaban J connectivity index is 2.08. The van der Waals surface area contributed by atoms with Crippen molar-refractivity contribution in [2.24, 2.45) is 5.92 Å². The van der Waals surface area contributed by atoms with Gasteiger partial charge in [0, 0.05) is 18.0 Å². The summed E-state index contributed by atoms with van der Waals surface area (Å²) >= 11 is 1.77. The summed E-state index contributed by atoms with van der Waals surface area (Å²) in [7, 11) is 0. The molecule has 1 atom stereocenters. The fourth-order valence-electron chi connectivity index (χ4n) is 3.00. The van der Waals surface area contributed by atoms with Crippen molar-refractivity contribution in [2.45, 2.75) is 52.4 Å². The predicted octanol–water partition coefficient (Wildman–Crippen LogP) is 3.34. The Labute approximate surface area is 125 Å². The van der Waals surface area contributed by atoms with Crippen LogP contribution in [0.1, 0.15) is 39.5 Å². The number of ketones is 1. The summed E-state index contributed by atoms with van der Waals surface area (Å²) in [5.41, 5.74) is -1.04. The maximum absolute atomic E-state index is 12.5. The van der Waals surface area contributed by atoms with Gasteiger partial charge in [0.15, 0.2) is 5.78 Å². The van der Waals surface area contributed by atoms with Gasteiger partial charge in [-0.1, -0.05) is 13.0 Å². The Morgan fingerprint density at radius 1 is 1.35 bits per heavy atom. The van der Waals surface area contributed by atoms with Crippen molar-refractivity contribution in [1.29, 1.82) is 0 Å². The van der Waals surface area contributed by atoms with E-state index >= 15 is 0 Å². The maximum atomic E-state index is 12.5. The SMILES string of the molecule is CCN(Cc1cccs1)CC1C(=O)C(C)(C)OC1(C)C. The quantitative estimate of drug-likeness (QED) is 0.834. The largest absolute Gasteiger partial charge is 0.361 e. The molecule has 2 heterocycles. The van der Waals surface area contributed by atoms with Crippen LogP contribution < -0.4 is 0 Å². The van der Waals surface area contributed by atoms with Gasteiger partial charge in [-0.3, -0.25) is 9.69 Å². The number of hydrogen-bond acceptors (Lipinski definition) is 4. The second-order valence-electron chi connectivity index (χ2n) is 6.54. The van der Waals surface area contributed by atoms with Gasteiger partial charge in [0.2, 0.25) is 0 Å². The maximum Gasteiger partial charge on any atom is 0.171 e. The minimum atomic E-state index is -0.656. The third-order valence-electron chi connectivity index (χ3n) is 4.11. The molecule has 0 amide bonds. The fraction of sp³-hybridized carbons (Fsp3) is 0.688. The van der Waals surface area contributed by atoms with E-state index in [-0.39, 0.29) is 17.3 Å². The van der Waals surface area contributed by atoms with Crippen molar-refractivity contribution in [3.8, 4) is 0 Å². The Bertz CT molecular complexity index is 465. The number of Topliss-reactive ketones (excluding diaryl/α,β-unsaturated/α-hetero) is 1. The molecule has 0 aromatic carbocycles. The lowest BCUT2D eigenvalue weighted by molar-refractivity contribution is -0.132. The third-order valence-corrected chi connectivity index (χ3v) is 4.98. The van der Waals surface area contributed by atoms with E-state index in [1.54, 1.807) is 11.3 Å². The molecule has 1 aliphatic heterocycles. The van der Waals surface area contributed by atoms with E-state index in [4.69, 9.17) is 4.74 Å². The zero-order valence-electron chi connectivity index (χ0n) is 13.1. The van der Waals surface area contributed by atoms with Crippen LogP contribution in [-0.4, -0.2) is 35.0 Å². The average Bonchev–Trinajstić information content (AvgIpc) is 2.88. The van der Waals surface area contributed by atoms with Gasteiger partial charge >= 0.3 is 0 Å². The van der Waals surface area contributed by atoms with Crippen LogP contribution in [0.15, 0.2) is 17.5 Å². The summed E-state index contributed by atoms with van der Waals surface area (Å²) in [6.45, 7) is 12.6. The number of rotatable bonds is 5. The molecule has 0 bridgehead atoms. The number of nitrogens with zero attached hydrogens (tertiary/aromatic N) is 1. The summed E-state index contributed by atoms with van der Waals surface area (Å²) in [6, 6.07) is 4.22. The molecule has 3 nitrogen and oxygen atoms in total. The van der Waals surface area contributed by atoms with Crippen molar-refractivity contribution in [3.05, 3.63) is 22.4 Å². The lowest BCUT2D eigenvalue weighted by atomic mass is 9.85. The lowest BCUT2D eigenvalue weighted by Crippen LogP contribution is -2.40. The molecule has 4 heteroatoms. The Morgan fingerprint density at radius 3 is 2.50 bits per heavy atom. The zero-order valence-corrected chi connectivity index (χ0v) is 13.9. The van der Waals surface area contributed by atoms with Crippen molar-refractivity contribution >= 4 is 17.1 Å². The highest BCUT2D eigenvalue weighted by Gasteiger charge is 2.53. The molecule has 1 fully saturated rings. The predicted molar refractivity (Wildman–Crippen MR) is 83.0 cm³/mol. The van der Waals surface area contributed by atoms with E-state index in [0.717, 1.165) is 19.6 Å². The molecule has 1 aliphatic rings. The molecule has 1 aromatic rings. The van der Waals surface area contributed by atoms with Crippen LogP contribution in [-0.2, 0) is 16.1 Å². The van der Waals surface area contributed by atoms with Crippen LogP contribution in [0, 0.1) is 5.92 Å². The Kier molecular flexibility index (Phi) is 4.38. The topological polar surface area (TPSA) is 29.5 Å². The highest BCUT2D eigenvalue weighted by Crippen LogP contribution is 2.39. The molecule has 0 spiro atoms. The molecule has 1 unspecified atom stereocenters. The van der Waals surface area contributed by atoms with Crippen molar-refractivity contribution in [1.82, 2.24) is 4.90 Å². The molecule has 0 aliphatic carbocycles. The molecule has 0 radical (unpaired) electrons. The minimum Gasteiger partial charge on any atom is -0.361 e. The summed E-state index contributed by atoms with van der Waals surface area (Å²) < 4.78 is 5.97. The first-order chi connectivity index (χ1) is 9.26. The lowest BCUT2D eigenvalue weighted by Gasteiger charge is -2.30. The van der Waals surface area contributed by atoms with E-state index in [2.05, 4.69) is 29.3 Å². The van der Waals surface area contributed by atoms with Gasteiger partial charge < -0.3 is 4.74 Å². The first-order valence-electron chi connectivity index (χ1n) is 7.25. The molecule has 0 saturated carbocycles. The molecule has 20 heavy (non-hydrogen) atoms. The minimum absolute atomic E-state index is 0.0580. The summed E-state index contributed by atoms with van der Waals surface area (Å²) in [6.07, 6.45) is 0. The van der Waals surface area contributed by atoms with Gasteiger partial charge in [-0.15, -0.1) is 11.3 Å². The van der Waals surface area contributed by atoms with Gasteiger partial charge in [-0.05, 0) is 45.7 Å². The Morgan fingerprint density at radius 2 is 2.05 bits per heavy atom. The molecule has 112 valence electrons. The van der Waals surface area contributed by atoms with Gasteiger partial charge in [-0.2, -0.15) is 0 Å². The molecule has 2 rings (SSSR count). The fourth-order valence-corrected chi connectivity index (χ4v) is 3.75. The van der Waals surface area contributed by atoms with E-state index < -0.39 is 5.60 Å². The second-order valence-corrected chi connectivity index (χ2v) is 7.57. The van der Waals surface area contributed by atoms with Crippen LogP contribution >= 0.6 is 11.3 Å². The first kappa shape index (κ1) is 15.7.